The molecule has 2 saturated heterocycles. The fourth-order valence-electron chi connectivity index (χ4n) is 4.18. The number of nitrogens with zero attached hydrogens (tertiary/aromatic N) is 2. The van der Waals surface area contributed by atoms with Crippen LogP contribution in [-0.4, -0.2) is 47.3 Å². The molecule has 3 rings (SSSR count). The Balaban J connectivity index is 1.53. The van der Waals surface area contributed by atoms with Crippen LogP contribution in [0.2, 0.25) is 0 Å². The van der Waals surface area contributed by atoms with Gasteiger partial charge < -0.3 is 9.80 Å². The topological polar surface area (TPSA) is 40.6 Å². The standard InChI is InChI=1S/C17H28N2O2/c1-13-5-7-14(8-6-13)9-11-18-12-16(20)19-10-3-2-4-15(19)17(18)21/h13-15H,2-12H2,1H3. The maximum Gasteiger partial charge on any atom is 0.245 e. The van der Waals surface area contributed by atoms with E-state index in [0.717, 1.165) is 50.6 Å². The molecule has 0 spiro atoms. The lowest BCUT2D eigenvalue weighted by Gasteiger charge is -2.43. The highest BCUT2D eigenvalue weighted by atomic mass is 16.2. The lowest BCUT2D eigenvalue weighted by molar-refractivity contribution is -0.157. The second-order valence-electron chi connectivity index (χ2n) is 7.27. The predicted molar refractivity (Wildman–Crippen MR) is 81.7 cm³/mol. The van der Waals surface area contributed by atoms with Gasteiger partial charge in [-0.3, -0.25) is 9.59 Å². The fraction of sp³-hybridized carbons (Fsp3) is 0.882. The van der Waals surface area contributed by atoms with E-state index in [4.69, 9.17) is 0 Å². The normalized spacial score (nSPS) is 34.0. The van der Waals surface area contributed by atoms with Gasteiger partial charge in [0.25, 0.3) is 0 Å². The first-order valence-electron chi connectivity index (χ1n) is 8.73. The van der Waals surface area contributed by atoms with Gasteiger partial charge in [-0.1, -0.05) is 32.6 Å². The molecule has 2 aliphatic heterocycles. The third-order valence-electron chi connectivity index (χ3n) is 5.69. The molecule has 3 aliphatic rings. The van der Waals surface area contributed by atoms with Crippen LogP contribution < -0.4 is 0 Å². The number of rotatable bonds is 3. The van der Waals surface area contributed by atoms with E-state index < -0.39 is 0 Å². The predicted octanol–water partition coefficient (Wildman–Crippen LogP) is 2.43. The molecule has 3 fully saturated rings. The molecule has 0 aromatic heterocycles. The summed E-state index contributed by atoms with van der Waals surface area (Å²) in [5.41, 5.74) is 0. The quantitative estimate of drug-likeness (QED) is 0.801. The van der Waals surface area contributed by atoms with Crippen molar-refractivity contribution in [1.82, 2.24) is 9.80 Å². The molecule has 0 aromatic rings. The van der Waals surface area contributed by atoms with Crippen molar-refractivity contribution in [2.75, 3.05) is 19.6 Å². The summed E-state index contributed by atoms with van der Waals surface area (Å²) in [6.45, 7) is 4.22. The number of carbonyl (C=O) groups is 2. The number of amides is 2. The van der Waals surface area contributed by atoms with Crippen LogP contribution in [0.5, 0.6) is 0 Å². The van der Waals surface area contributed by atoms with Crippen LogP contribution in [-0.2, 0) is 9.59 Å². The lowest BCUT2D eigenvalue weighted by atomic mass is 9.81. The van der Waals surface area contributed by atoms with E-state index >= 15 is 0 Å². The molecule has 0 aromatic carbocycles. The highest BCUT2D eigenvalue weighted by molar-refractivity contribution is 5.95. The van der Waals surface area contributed by atoms with Crippen molar-refractivity contribution in [1.29, 1.82) is 0 Å². The summed E-state index contributed by atoms with van der Waals surface area (Å²) in [5.74, 6) is 2.00. The minimum absolute atomic E-state index is 0.147. The smallest absolute Gasteiger partial charge is 0.245 e. The Morgan fingerprint density at radius 2 is 1.81 bits per heavy atom. The number of carbonyl (C=O) groups excluding carboxylic acids is 2. The summed E-state index contributed by atoms with van der Waals surface area (Å²) in [7, 11) is 0. The van der Waals surface area contributed by atoms with Crippen LogP contribution in [0, 0.1) is 11.8 Å². The third kappa shape index (κ3) is 3.24. The molecule has 0 bridgehead atoms. The Labute approximate surface area is 127 Å². The van der Waals surface area contributed by atoms with Crippen molar-refractivity contribution >= 4 is 11.8 Å². The molecule has 1 unspecified atom stereocenters. The van der Waals surface area contributed by atoms with E-state index in [1.165, 1.54) is 25.7 Å². The molecule has 4 nitrogen and oxygen atoms in total. The van der Waals surface area contributed by atoms with Gasteiger partial charge in [0.15, 0.2) is 0 Å². The van der Waals surface area contributed by atoms with Gasteiger partial charge in [-0.25, -0.2) is 0 Å². The Morgan fingerprint density at radius 1 is 1.05 bits per heavy atom. The molecule has 0 N–H and O–H groups in total. The van der Waals surface area contributed by atoms with Gasteiger partial charge in [0.2, 0.25) is 11.8 Å². The molecule has 1 saturated carbocycles. The van der Waals surface area contributed by atoms with Crippen molar-refractivity contribution < 1.29 is 9.59 Å². The van der Waals surface area contributed by atoms with Crippen molar-refractivity contribution in [3.63, 3.8) is 0 Å². The SMILES string of the molecule is CC1CCC(CCN2CC(=O)N3CCCCC3C2=O)CC1. The largest absolute Gasteiger partial charge is 0.332 e. The van der Waals surface area contributed by atoms with Crippen molar-refractivity contribution in [2.45, 2.75) is 64.3 Å². The van der Waals surface area contributed by atoms with E-state index in [0.29, 0.717) is 6.54 Å². The molecular weight excluding hydrogens is 264 g/mol. The summed E-state index contributed by atoms with van der Waals surface area (Å²) >= 11 is 0. The van der Waals surface area contributed by atoms with E-state index in [1.54, 1.807) is 0 Å². The Bertz CT molecular complexity index is 402. The van der Waals surface area contributed by atoms with Crippen LogP contribution in [0.15, 0.2) is 0 Å². The summed E-state index contributed by atoms with van der Waals surface area (Å²) < 4.78 is 0. The second kappa shape index (κ2) is 6.37. The van der Waals surface area contributed by atoms with Crippen LogP contribution in [0.3, 0.4) is 0 Å². The summed E-state index contributed by atoms with van der Waals surface area (Å²) in [5, 5.41) is 0. The van der Waals surface area contributed by atoms with E-state index in [-0.39, 0.29) is 17.9 Å². The first-order chi connectivity index (χ1) is 10.1. The Hall–Kier alpha value is -1.06. The van der Waals surface area contributed by atoms with Crippen LogP contribution >= 0.6 is 0 Å². The molecule has 118 valence electrons. The van der Waals surface area contributed by atoms with Crippen LogP contribution in [0.4, 0.5) is 0 Å². The third-order valence-corrected chi connectivity index (χ3v) is 5.69. The highest BCUT2D eigenvalue weighted by Gasteiger charge is 2.40. The van der Waals surface area contributed by atoms with Gasteiger partial charge in [-0.15, -0.1) is 0 Å². The minimum Gasteiger partial charge on any atom is -0.332 e. The zero-order valence-corrected chi connectivity index (χ0v) is 13.2. The van der Waals surface area contributed by atoms with Gasteiger partial charge in [-0.05, 0) is 37.5 Å². The molecule has 4 heteroatoms. The number of fused-ring (bicyclic) bond motifs is 1. The fourth-order valence-corrected chi connectivity index (χ4v) is 4.18. The van der Waals surface area contributed by atoms with Gasteiger partial charge >= 0.3 is 0 Å². The maximum absolute atomic E-state index is 12.6. The summed E-state index contributed by atoms with van der Waals surface area (Å²) in [6.07, 6.45) is 9.33. The molecule has 0 radical (unpaired) electrons. The molecule has 2 heterocycles. The Morgan fingerprint density at radius 3 is 2.57 bits per heavy atom. The summed E-state index contributed by atoms with van der Waals surface area (Å²) in [4.78, 5) is 28.4. The zero-order chi connectivity index (χ0) is 14.8. The van der Waals surface area contributed by atoms with E-state index in [2.05, 4.69) is 6.92 Å². The molecule has 1 atom stereocenters. The average Bonchev–Trinajstić information content (AvgIpc) is 2.51. The van der Waals surface area contributed by atoms with Crippen molar-refractivity contribution in [3.8, 4) is 0 Å². The number of piperazine rings is 1. The summed E-state index contributed by atoms with van der Waals surface area (Å²) in [6, 6.07) is -0.147. The van der Waals surface area contributed by atoms with Gasteiger partial charge in [0.05, 0.1) is 6.54 Å². The van der Waals surface area contributed by atoms with E-state index in [1.807, 2.05) is 9.80 Å². The molecule has 2 amide bonds. The minimum atomic E-state index is -0.147. The zero-order valence-electron chi connectivity index (χ0n) is 13.2. The first-order valence-corrected chi connectivity index (χ1v) is 8.73. The van der Waals surface area contributed by atoms with Crippen LogP contribution in [0.25, 0.3) is 0 Å². The van der Waals surface area contributed by atoms with Crippen molar-refractivity contribution in [2.24, 2.45) is 11.8 Å². The first kappa shape index (κ1) is 14.9. The number of hydrogen-bond acceptors (Lipinski definition) is 2. The average molecular weight is 292 g/mol. The lowest BCUT2D eigenvalue weighted by Crippen LogP contribution is -2.61. The van der Waals surface area contributed by atoms with Crippen LogP contribution in [0.1, 0.15) is 58.3 Å². The maximum atomic E-state index is 12.6. The second-order valence-corrected chi connectivity index (χ2v) is 7.27. The van der Waals surface area contributed by atoms with E-state index in [9.17, 15) is 9.59 Å². The number of piperidine rings is 1. The molecule has 21 heavy (non-hydrogen) atoms. The molecular formula is C17H28N2O2. The highest BCUT2D eigenvalue weighted by Crippen LogP contribution is 2.31. The molecule has 1 aliphatic carbocycles. The van der Waals surface area contributed by atoms with Crippen molar-refractivity contribution in [3.05, 3.63) is 0 Å². The monoisotopic (exact) mass is 292 g/mol. The number of hydrogen-bond donors (Lipinski definition) is 0. The van der Waals surface area contributed by atoms with Gasteiger partial charge in [0.1, 0.15) is 6.04 Å². The van der Waals surface area contributed by atoms with Gasteiger partial charge in [-0.2, -0.15) is 0 Å². The van der Waals surface area contributed by atoms with Gasteiger partial charge in [0, 0.05) is 13.1 Å². The Kier molecular flexibility index (Phi) is 4.51.